The molecule has 0 radical (unpaired) electrons. The van der Waals surface area contributed by atoms with E-state index in [1.54, 1.807) is 11.3 Å². The molecule has 0 spiro atoms. The standard InChI is InChI=1S/C11H9ClN4OS/c12-7-1-2-8-9(5-7)18-11(16-8)13-4-3-10-14-6-15-17-10/h1-2,5-6H,3-4H2,(H,13,16). The highest BCUT2D eigenvalue weighted by molar-refractivity contribution is 7.22. The van der Waals surface area contributed by atoms with E-state index in [2.05, 4.69) is 20.4 Å². The van der Waals surface area contributed by atoms with Crippen LogP contribution in [0.4, 0.5) is 5.13 Å². The number of hydrogen-bond acceptors (Lipinski definition) is 6. The van der Waals surface area contributed by atoms with Crippen molar-refractivity contribution in [1.82, 2.24) is 15.1 Å². The molecule has 3 rings (SSSR count). The molecule has 18 heavy (non-hydrogen) atoms. The van der Waals surface area contributed by atoms with Crippen molar-refractivity contribution in [3.63, 3.8) is 0 Å². The minimum Gasteiger partial charge on any atom is -0.361 e. The second-order valence-corrected chi connectivity index (χ2v) is 5.11. The van der Waals surface area contributed by atoms with Crippen LogP contribution < -0.4 is 5.32 Å². The summed E-state index contributed by atoms with van der Waals surface area (Å²) in [6, 6.07) is 5.67. The number of nitrogens with zero attached hydrogens (tertiary/aromatic N) is 3. The topological polar surface area (TPSA) is 63.8 Å². The Balaban J connectivity index is 1.67. The second kappa shape index (κ2) is 4.91. The van der Waals surface area contributed by atoms with Gasteiger partial charge in [0.25, 0.3) is 0 Å². The number of hydrogen-bond donors (Lipinski definition) is 1. The Kier molecular flexibility index (Phi) is 3.12. The minimum absolute atomic E-state index is 0.617. The molecule has 1 aromatic carbocycles. The van der Waals surface area contributed by atoms with Crippen LogP contribution in [0.1, 0.15) is 5.89 Å². The predicted molar refractivity (Wildman–Crippen MR) is 71.1 cm³/mol. The van der Waals surface area contributed by atoms with E-state index in [0.717, 1.165) is 20.4 Å². The van der Waals surface area contributed by atoms with Crippen LogP contribution in [0, 0.1) is 0 Å². The maximum atomic E-state index is 5.93. The average molecular weight is 281 g/mol. The summed E-state index contributed by atoms with van der Waals surface area (Å²) in [7, 11) is 0. The molecular formula is C11H9ClN4OS. The molecule has 5 nitrogen and oxygen atoms in total. The highest BCUT2D eigenvalue weighted by Crippen LogP contribution is 2.28. The molecule has 0 aliphatic rings. The maximum Gasteiger partial charge on any atom is 0.228 e. The molecule has 2 aromatic heterocycles. The molecule has 92 valence electrons. The zero-order chi connectivity index (χ0) is 12.4. The number of halogens is 1. The minimum atomic E-state index is 0.617. The molecular weight excluding hydrogens is 272 g/mol. The molecule has 0 atom stereocenters. The second-order valence-electron chi connectivity index (χ2n) is 3.64. The summed E-state index contributed by atoms with van der Waals surface area (Å²) < 4.78 is 5.98. The van der Waals surface area contributed by atoms with E-state index < -0.39 is 0 Å². The van der Waals surface area contributed by atoms with Crippen molar-refractivity contribution in [3.05, 3.63) is 35.4 Å². The van der Waals surface area contributed by atoms with Gasteiger partial charge in [-0.1, -0.05) is 28.1 Å². The van der Waals surface area contributed by atoms with E-state index in [9.17, 15) is 0 Å². The lowest BCUT2D eigenvalue weighted by Crippen LogP contribution is -2.04. The third kappa shape index (κ3) is 2.44. The SMILES string of the molecule is Clc1ccc2nc(NCCc3ncno3)sc2c1. The van der Waals surface area contributed by atoms with Gasteiger partial charge in [-0.25, -0.2) is 4.98 Å². The monoisotopic (exact) mass is 280 g/mol. The average Bonchev–Trinajstić information content (AvgIpc) is 2.97. The summed E-state index contributed by atoms with van der Waals surface area (Å²) in [5.74, 6) is 0.617. The van der Waals surface area contributed by atoms with E-state index in [-0.39, 0.29) is 0 Å². The van der Waals surface area contributed by atoms with E-state index in [0.29, 0.717) is 18.9 Å². The summed E-state index contributed by atoms with van der Waals surface area (Å²) in [5, 5.41) is 8.37. The van der Waals surface area contributed by atoms with Crippen LogP contribution in [0.15, 0.2) is 29.0 Å². The molecule has 0 aliphatic heterocycles. The van der Waals surface area contributed by atoms with Gasteiger partial charge < -0.3 is 9.84 Å². The maximum absolute atomic E-state index is 5.93. The third-order valence-electron chi connectivity index (χ3n) is 2.37. The first kappa shape index (κ1) is 11.4. The summed E-state index contributed by atoms with van der Waals surface area (Å²) in [4.78, 5) is 8.40. The van der Waals surface area contributed by atoms with Gasteiger partial charge in [0, 0.05) is 18.0 Å². The van der Waals surface area contributed by atoms with E-state index in [4.69, 9.17) is 16.1 Å². The van der Waals surface area contributed by atoms with Crippen LogP contribution in [-0.4, -0.2) is 21.7 Å². The lowest BCUT2D eigenvalue weighted by molar-refractivity contribution is 0.380. The number of aromatic nitrogens is 3. The fourth-order valence-corrected chi connectivity index (χ4v) is 2.72. The van der Waals surface area contributed by atoms with Gasteiger partial charge in [-0.2, -0.15) is 4.98 Å². The van der Waals surface area contributed by atoms with Crippen LogP contribution in [0.5, 0.6) is 0 Å². The van der Waals surface area contributed by atoms with Gasteiger partial charge in [0.05, 0.1) is 10.2 Å². The molecule has 0 amide bonds. The molecule has 0 saturated heterocycles. The van der Waals surface area contributed by atoms with Crippen molar-refractivity contribution in [2.24, 2.45) is 0 Å². The third-order valence-corrected chi connectivity index (χ3v) is 3.58. The molecule has 0 unspecified atom stereocenters. The first-order valence-electron chi connectivity index (χ1n) is 5.37. The Hall–Kier alpha value is -1.66. The van der Waals surface area contributed by atoms with E-state index >= 15 is 0 Å². The molecule has 0 saturated carbocycles. The smallest absolute Gasteiger partial charge is 0.228 e. The summed E-state index contributed by atoms with van der Waals surface area (Å²) >= 11 is 7.51. The normalized spacial score (nSPS) is 10.9. The van der Waals surface area contributed by atoms with Crippen molar-refractivity contribution in [2.45, 2.75) is 6.42 Å². The van der Waals surface area contributed by atoms with Gasteiger partial charge in [0.1, 0.15) is 0 Å². The fraction of sp³-hybridized carbons (Fsp3) is 0.182. The number of rotatable bonds is 4. The Morgan fingerprint density at radius 2 is 2.33 bits per heavy atom. The molecule has 0 fully saturated rings. The highest BCUT2D eigenvalue weighted by Gasteiger charge is 2.04. The summed E-state index contributed by atoms with van der Waals surface area (Å²) in [5.41, 5.74) is 0.949. The van der Waals surface area contributed by atoms with Crippen LogP contribution in [0.25, 0.3) is 10.2 Å². The van der Waals surface area contributed by atoms with Crippen molar-refractivity contribution in [3.8, 4) is 0 Å². The lowest BCUT2D eigenvalue weighted by atomic mass is 10.3. The quantitative estimate of drug-likeness (QED) is 0.796. The number of fused-ring (bicyclic) bond motifs is 1. The van der Waals surface area contributed by atoms with Crippen LogP contribution in [0.3, 0.4) is 0 Å². The van der Waals surface area contributed by atoms with Crippen molar-refractivity contribution < 1.29 is 4.52 Å². The Labute approximate surface area is 112 Å². The number of benzene rings is 1. The molecule has 2 heterocycles. The van der Waals surface area contributed by atoms with Gasteiger partial charge in [0.2, 0.25) is 5.89 Å². The Morgan fingerprint density at radius 1 is 1.39 bits per heavy atom. The molecule has 3 aromatic rings. The van der Waals surface area contributed by atoms with Gasteiger partial charge in [-0.3, -0.25) is 0 Å². The lowest BCUT2D eigenvalue weighted by Gasteiger charge is -1.97. The van der Waals surface area contributed by atoms with Gasteiger partial charge >= 0.3 is 0 Å². The van der Waals surface area contributed by atoms with Crippen LogP contribution >= 0.6 is 22.9 Å². The Bertz CT molecular complexity index is 652. The number of nitrogens with one attached hydrogen (secondary N) is 1. The highest BCUT2D eigenvalue weighted by atomic mass is 35.5. The van der Waals surface area contributed by atoms with Gasteiger partial charge in [-0.15, -0.1) is 0 Å². The summed E-state index contributed by atoms with van der Waals surface area (Å²) in [6.45, 7) is 0.704. The van der Waals surface area contributed by atoms with Crippen molar-refractivity contribution in [1.29, 1.82) is 0 Å². The zero-order valence-electron chi connectivity index (χ0n) is 9.26. The Morgan fingerprint density at radius 3 is 3.17 bits per heavy atom. The first-order chi connectivity index (χ1) is 8.81. The predicted octanol–water partition coefficient (Wildman–Crippen LogP) is 2.99. The summed E-state index contributed by atoms with van der Waals surface area (Å²) in [6.07, 6.45) is 2.08. The van der Waals surface area contributed by atoms with Crippen molar-refractivity contribution >= 4 is 38.3 Å². The van der Waals surface area contributed by atoms with Gasteiger partial charge in [0.15, 0.2) is 11.5 Å². The fourth-order valence-electron chi connectivity index (χ4n) is 1.56. The van der Waals surface area contributed by atoms with Gasteiger partial charge in [-0.05, 0) is 18.2 Å². The first-order valence-corrected chi connectivity index (χ1v) is 6.56. The molecule has 0 aliphatic carbocycles. The van der Waals surface area contributed by atoms with E-state index in [1.807, 2.05) is 18.2 Å². The number of anilines is 1. The molecule has 7 heteroatoms. The molecule has 1 N–H and O–H groups in total. The zero-order valence-corrected chi connectivity index (χ0v) is 10.8. The number of thiazole rings is 1. The van der Waals surface area contributed by atoms with Crippen LogP contribution in [-0.2, 0) is 6.42 Å². The van der Waals surface area contributed by atoms with Crippen molar-refractivity contribution in [2.75, 3.05) is 11.9 Å². The molecule has 0 bridgehead atoms. The largest absolute Gasteiger partial charge is 0.361 e. The van der Waals surface area contributed by atoms with E-state index in [1.165, 1.54) is 6.33 Å². The van der Waals surface area contributed by atoms with Crippen LogP contribution in [0.2, 0.25) is 5.02 Å².